The van der Waals surface area contributed by atoms with E-state index in [-0.39, 0.29) is 11.8 Å². The summed E-state index contributed by atoms with van der Waals surface area (Å²) in [6, 6.07) is 7.97. The van der Waals surface area contributed by atoms with E-state index < -0.39 is 10.0 Å². The lowest BCUT2D eigenvalue weighted by atomic mass is 10.0. The molecule has 0 fully saturated rings. The number of aryl methyl sites for hydroxylation is 1. The monoisotopic (exact) mass is 241 g/mol. The maximum atomic E-state index is 11.4. The fourth-order valence-corrected chi connectivity index (χ4v) is 2.46. The van der Waals surface area contributed by atoms with Gasteiger partial charge >= 0.3 is 0 Å². The van der Waals surface area contributed by atoms with Crippen LogP contribution in [-0.2, 0) is 16.4 Å². The summed E-state index contributed by atoms with van der Waals surface area (Å²) >= 11 is 0. The highest BCUT2D eigenvalue weighted by Gasteiger charge is 2.12. The smallest absolute Gasteiger partial charge is 0.211 e. The standard InChI is InChI=1S/C12H19NO2S/c1-4-16(14,15)13-11(3)9-12-8-6-5-7-10(12)2/h5-8,11,13H,4,9H2,1-3H3. The number of hydrogen-bond donors (Lipinski definition) is 1. The summed E-state index contributed by atoms with van der Waals surface area (Å²) in [5, 5.41) is 0. The topological polar surface area (TPSA) is 46.2 Å². The van der Waals surface area contributed by atoms with Gasteiger partial charge in [0.2, 0.25) is 10.0 Å². The van der Waals surface area contributed by atoms with Gasteiger partial charge in [-0.15, -0.1) is 0 Å². The summed E-state index contributed by atoms with van der Waals surface area (Å²) in [6.07, 6.45) is 0.728. The highest BCUT2D eigenvalue weighted by Crippen LogP contribution is 2.09. The lowest BCUT2D eigenvalue weighted by Crippen LogP contribution is -2.35. The molecule has 16 heavy (non-hydrogen) atoms. The molecule has 0 spiro atoms. The van der Waals surface area contributed by atoms with Crippen LogP contribution in [0, 0.1) is 6.92 Å². The number of nitrogens with one attached hydrogen (secondary N) is 1. The van der Waals surface area contributed by atoms with Gasteiger partial charge in [-0.05, 0) is 38.3 Å². The minimum absolute atomic E-state index is 0.0638. The molecule has 1 rings (SSSR count). The lowest BCUT2D eigenvalue weighted by molar-refractivity contribution is 0.560. The van der Waals surface area contributed by atoms with Crippen LogP contribution in [0.2, 0.25) is 0 Å². The number of hydrogen-bond acceptors (Lipinski definition) is 2. The summed E-state index contributed by atoms with van der Waals surface area (Å²) in [4.78, 5) is 0. The molecule has 3 nitrogen and oxygen atoms in total. The maximum Gasteiger partial charge on any atom is 0.211 e. The molecule has 0 radical (unpaired) electrons. The molecule has 1 aromatic carbocycles. The number of sulfonamides is 1. The molecule has 0 aliphatic carbocycles. The molecule has 0 saturated carbocycles. The summed E-state index contributed by atoms with van der Waals surface area (Å²) in [5.41, 5.74) is 2.39. The zero-order valence-electron chi connectivity index (χ0n) is 10.0. The van der Waals surface area contributed by atoms with E-state index in [0.29, 0.717) is 0 Å². The van der Waals surface area contributed by atoms with Crippen molar-refractivity contribution >= 4 is 10.0 Å². The normalized spacial score (nSPS) is 13.7. The largest absolute Gasteiger partial charge is 0.212 e. The molecule has 0 heterocycles. The summed E-state index contributed by atoms with van der Waals surface area (Å²) in [6.45, 7) is 5.57. The second kappa shape index (κ2) is 5.46. The molecule has 1 atom stereocenters. The Morgan fingerprint density at radius 2 is 1.94 bits per heavy atom. The van der Waals surface area contributed by atoms with Crippen molar-refractivity contribution in [3.8, 4) is 0 Å². The van der Waals surface area contributed by atoms with Gasteiger partial charge < -0.3 is 0 Å². The molecule has 1 aromatic rings. The molecule has 90 valence electrons. The van der Waals surface area contributed by atoms with Crippen molar-refractivity contribution < 1.29 is 8.42 Å². The Kier molecular flexibility index (Phi) is 4.50. The van der Waals surface area contributed by atoms with Crippen molar-refractivity contribution in [2.45, 2.75) is 33.2 Å². The molecule has 0 saturated heterocycles. The molecule has 0 aliphatic heterocycles. The maximum absolute atomic E-state index is 11.4. The average molecular weight is 241 g/mol. The average Bonchev–Trinajstić information content (AvgIpc) is 2.21. The highest BCUT2D eigenvalue weighted by molar-refractivity contribution is 7.89. The first-order valence-corrected chi connectivity index (χ1v) is 7.14. The van der Waals surface area contributed by atoms with Gasteiger partial charge in [-0.2, -0.15) is 0 Å². The molecule has 0 aliphatic rings. The Morgan fingerprint density at radius 1 is 1.31 bits per heavy atom. The fraction of sp³-hybridized carbons (Fsp3) is 0.500. The third-order valence-electron chi connectivity index (χ3n) is 2.55. The van der Waals surface area contributed by atoms with Crippen molar-refractivity contribution in [2.75, 3.05) is 5.75 Å². The molecule has 0 aromatic heterocycles. The van der Waals surface area contributed by atoms with Crippen LogP contribution in [0.5, 0.6) is 0 Å². The first kappa shape index (κ1) is 13.2. The van der Waals surface area contributed by atoms with Crippen molar-refractivity contribution in [1.82, 2.24) is 4.72 Å². The summed E-state index contributed by atoms with van der Waals surface area (Å²) < 4.78 is 25.4. The van der Waals surface area contributed by atoms with Crippen molar-refractivity contribution in [3.05, 3.63) is 35.4 Å². The van der Waals surface area contributed by atoms with Crippen molar-refractivity contribution in [3.63, 3.8) is 0 Å². The van der Waals surface area contributed by atoms with Crippen LogP contribution in [0.15, 0.2) is 24.3 Å². The Labute approximate surface area is 97.9 Å². The second-order valence-electron chi connectivity index (χ2n) is 4.05. The SMILES string of the molecule is CCS(=O)(=O)NC(C)Cc1ccccc1C. The first-order valence-electron chi connectivity index (χ1n) is 5.49. The van der Waals surface area contributed by atoms with Crippen LogP contribution in [0.25, 0.3) is 0 Å². The Bertz CT molecular complexity index is 440. The molecule has 1 N–H and O–H groups in total. The Morgan fingerprint density at radius 3 is 2.50 bits per heavy atom. The Balaban J connectivity index is 2.66. The first-order chi connectivity index (χ1) is 7.44. The predicted octanol–water partition coefficient (Wildman–Crippen LogP) is 1.87. The molecular weight excluding hydrogens is 222 g/mol. The van der Waals surface area contributed by atoms with Gasteiger partial charge in [0.15, 0.2) is 0 Å². The van der Waals surface area contributed by atoms with Crippen LogP contribution >= 0.6 is 0 Å². The van der Waals surface area contributed by atoms with Gasteiger partial charge in [-0.25, -0.2) is 13.1 Å². The molecule has 4 heteroatoms. The van der Waals surface area contributed by atoms with Gasteiger partial charge in [-0.3, -0.25) is 0 Å². The summed E-state index contributed by atoms with van der Waals surface area (Å²) in [7, 11) is -3.10. The molecular formula is C12H19NO2S. The van der Waals surface area contributed by atoms with Crippen molar-refractivity contribution in [1.29, 1.82) is 0 Å². The van der Waals surface area contributed by atoms with E-state index >= 15 is 0 Å². The van der Waals surface area contributed by atoms with E-state index in [1.807, 2.05) is 38.1 Å². The van der Waals surface area contributed by atoms with Crippen LogP contribution < -0.4 is 4.72 Å². The Hall–Kier alpha value is -0.870. The lowest BCUT2D eigenvalue weighted by Gasteiger charge is -2.14. The zero-order valence-corrected chi connectivity index (χ0v) is 10.8. The quantitative estimate of drug-likeness (QED) is 0.855. The predicted molar refractivity (Wildman–Crippen MR) is 66.9 cm³/mol. The highest BCUT2D eigenvalue weighted by atomic mass is 32.2. The van der Waals surface area contributed by atoms with Gasteiger partial charge in [-0.1, -0.05) is 24.3 Å². The number of rotatable bonds is 5. The van der Waals surface area contributed by atoms with E-state index in [1.54, 1.807) is 6.92 Å². The zero-order chi connectivity index (χ0) is 12.2. The van der Waals surface area contributed by atoms with Gasteiger partial charge in [0.05, 0.1) is 5.75 Å². The summed E-state index contributed by atoms with van der Waals surface area (Å²) in [5.74, 6) is 0.130. The minimum atomic E-state index is -3.10. The van der Waals surface area contributed by atoms with E-state index in [9.17, 15) is 8.42 Å². The second-order valence-corrected chi connectivity index (χ2v) is 6.10. The van der Waals surface area contributed by atoms with E-state index in [2.05, 4.69) is 4.72 Å². The van der Waals surface area contributed by atoms with E-state index in [4.69, 9.17) is 0 Å². The van der Waals surface area contributed by atoms with Gasteiger partial charge in [0, 0.05) is 6.04 Å². The van der Waals surface area contributed by atoms with E-state index in [0.717, 1.165) is 6.42 Å². The molecule has 0 bridgehead atoms. The molecule has 1 unspecified atom stereocenters. The van der Waals surface area contributed by atoms with Crippen LogP contribution in [0.1, 0.15) is 25.0 Å². The fourth-order valence-electron chi connectivity index (χ4n) is 1.60. The van der Waals surface area contributed by atoms with Crippen LogP contribution in [-0.4, -0.2) is 20.2 Å². The number of benzene rings is 1. The third kappa shape index (κ3) is 3.94. The third-order valence-corrected chi connectivity index (χ3v) is 4.07. The van der Waals surface area contributed by atoms with Crippen LogP contribution in [0.3, 0.4) is 0 Å². The van der Waals surface area contributed by atoms with Gasteiger partial charge in [0.25, 0.3) is 0 Å². The van der Waals surface area contributed by atoms with Crippen LogP contribution in [0.4, 0.5) is 0 Å². The minimum Gasteiger partial charge on any atom is -0.212 e. The molecule has 0 amide bonds. The van der Waals surface area contributed by atoms with Gasteiger partial charge in [0.1, 0.15) is 0 Å². The van der Waals surface area contributed by atoms with E-state index in [1.165, 1.54) is 11.1 Å². The van der Waals surface area contributed by atoms with Crippen molar-refractivity contribution in [2.24, 2.45) is 0 Å².